The standard InChI is InChI=1S/C25H23F5N2O3S/c26-36(27,28,29,30)23-3-1-2-22(15-23)32-25(35)31-21-10-8-17(9-11-21)19-7-6-18-12-16(13-24(33)34)4-5-20(18)14-19/h1-3,6-11,14-16H,4-5,12-13H2,(H,33,34)(H2,31,32,35). The zero-order valence-electron chi connectivity index (χ0n) is 18.8. The van der Waals surface area contributed by atoms with Gasteiger partial charge in [-0.25, -0.2) is 4.79 Å². The number of carboxylic acid groups (broad SMARTS) is 1. The van der Waals surface area contributed by atoms with Crippen LogP contribution in [0.25, 0.3) is 11.1 Å². The third-order valence-corrected chi connectivity index (χ3v) is 7.16. The fourth-order valence-electron chi connectivity index (χ4n) is 4.28. The van der Waals surface area contributed by atoms with Crippen molar-refractivity contribution in [3.8, 4) is 11.1 Å². The van der Waals surface area contributed by atoms with Crippen molar-refractivity contribution in [2.75, 3.05) is 10.6 Å². The SMILES string of the molecule is O=C(O)CC1CCc2cc(-c3ccc(NC(=O)Nc4cccc(S(F)(F)(F)(F)F)c4)cc3)ccc2C1. The van der Waals surface area contributed by atoms with Crippen molar-refractivity contribution in [3.05, 3.63) is 77.9 Å². The highest BCUT2D eigenvalue weighted by Crippen LogP contribution is 3.02. The summed E-state index contributed by atoms with van der Waals surface area (Å²) in [4.78, 5) is 21.1. The van der Waals surface area contributed by atoms with Crippen LogP contribution in [-0.4, -0.2) is 17.1 Å². The molecule has 11 heteroatoms. The summed E-state index contributed by atoms with van der Waals surface area (Å²) in [5, 5.41) is 13.6. The number of nitrogens with one attached hydrogen (secondary N) is 2. The fraction of sp³-hybridized carbons (Fsp3) is 0.200. The van der Waals surface area contributed by atoms with Gasteiger partial charge in [-0.2, -0.15) is 0 Å². The summed E-state index contributed by atoms with van der Waals surface area (Å²) in [7, 11) is -9.86. The number of anilines is 2. The second-order valence-electron chi connectivity index (χ2n) is 8.84. The number of aliphatic carboxylic acids is 1. The minimum Gasteiger partial charge on any atom is -0.481 e. The van der Waals surface area contributed by atoms with Crippen molar-refractivity contribution in [1.29, 1.82) is 0 Å². The van der Waals surface area contributed by atoms with E-state index in [0.717, 1.165) is 48.1 Å². The highest BCUT2D eigenvalue weighted by Gasteiger charge is 2.65. The maximum atomic E-state index is 13.0. The van der Waals surface area contributed by atoms with E-state index in [1.807, 2.05) is 12.1 Å². The minimum atomic E-state index is -9.86. The molecule has 3 N–H and O–H groups in total. The maximum Gasteiger partial charge on any atom is 0.323 e. The molecule has 2 amide bonds. The molecule has 1 aliphatic carbocycles. The molecule has 5 nitrogen and oxygen atoms in total. The van der Waals surface area contributed by atoms with Crippen molar-refractivity contribution >= 4 is 33.6 Å². The quantitative estimate of drug-likeness (QED) is 0.283. The summed E-state index contributed by atoms with van der Waals surface area (Å²) < 4.78 is 65.0. The van der Waals surface area contributed by atoms with E-state index >= 15 is 0 Å². The number of halogens is 5. The summed E-state index contributed by atoms with van der Waals surface area (Å²) in [5.41, 5.74) is 4.07. The molecule has 0 saturated heterocycles. The molecule has 0 radical (unpaired) electrons. The van der Waals surface area contributed by atoms with E-state index in [2.05, 4.69) is 16.7 Å². The molecule has 3 aromatic rings. The zero-order chi connectivity index (χ0) is 26.2. The van der Waals surface area contributed by atoms with Gasteiger partial charge < -0.3 is 15.7 Å². The molecule has 4 rings (SSSR count). The minimum absolute atomic E-state index is 0.131. The van der Waals surface area contributed by atoms with E-state index in [1.165, 1.54) is 5.56 Å². The fourth-order valence-corrected chi connectivity index (χ4v) is 4.97. The summed E-state index contributed by atoms with van der Waals surface area (Å²) in [6, 6.07) is 14.2. The number of aryl methyl sites for hydroxylation is 1. The largest absolute Gasteiger partial charge is 0.481 e. The predicted molar refractivity (Wildman–Crippen MR) is 130 cm³/mol. The molecule has 1 unspecified atom stereocenters. The molecule has 0 aromatic heterocycles. The number of carbonyl (C=O) groups excluding carboxylic acids is 1. The van der Waals surface area contributed by atoms with E-state index < -0.39 is 32.8 Å². The molecule has 0 bridgehead atoms. The van der Waals surface area contributed by atoms with Gasteiger partial charge in [0.1, 0.15) is 4.90 Å². The van der Waals surface area contributed by atoms with E-state index in [9.17, 15) is 29.0 Å². The van der Waals surface area contributed by atoms with Crippen LogP contribution in [0, 0.1) is 5.92 Å². The first-order valence-electron chi connectivity index (χ1n) is 11.0. The van der Waals surface area contributed by atoms with Gasteiger partial charge in [0.15, 0.2) is 0 Å². The lowest BCUT2D eigenvalue weighted by atomic mass is 9.81. The number of rotatable bonds is 6. The van der Waals surface area contributed by atoms with Crippen LogP contribution in [-0.2, 0) is 17.6 Å². The van der Waals surface area contributed by atoms with Crippen LogP contribution < -0.4 is 10.6 Å². The first kappa shape index (κ1) is 25.5. The van der Waals surface area contributed by atoms with Crippen molar-refractivity contribution in [2.24, 2.45) is 5.92 Å². The Bertz CT molecular complexity index is 1330. The van der Waals surface area contributed by atoms with E-state index in [-0.39, 0.29) is 24.5 Å². The Morgan fingerprint density at radius 3 is 2.17 bits per heavy atom. The topological polar surface area (TPSA) is 78.4 Å². The molecule has 0 spiro atoms. The molecule has 0 heterocycles. The summed E-state index contributed by atoms with van der Waals surface area (Å²) in [5.74, 6) is -0.661. The second-order valence-corrected chi connectivity index (χ2v) is 11.3. The van der Waals surface area contributed by atoms with Gasteiger partial charge >= 0.3 is 22.2 Å². The molecule has 192 valence electrons. The number of benzene rings is 3. The zero-order valence-corrected chi connectivity index (χ0v) is 19.6. The number of amides is 2. The maximum absolute atomic E-state index is 13.0. The third-order valence-electron chi connectivity index (χ3n) is 6.01. The molecule has 1 atom stereocenters. The van der Waals surface area contributed by atoms with E-state index in [4.69, 9.17) is 5.11 Å². The molecular formula is C25H23F5N2O3S. The van der Waals surface area contributed by atoms with Crippen LogP contribution in [0.2, 0.25) is 0 Å². The Morgan fingerprint density at radius 1 is 0.833 bits per heavy atom. The normalized spacial score (nSPS) is 17.3. The van der Waals surface area contributed by atoms with E-state index in [0.29, 0.717) is 5.69 Å². The lowest BCUT2D eigenvalue weighted by Gasteiger charge is -2.40. The van der Waals surface area contributed by atoms with Gasteiger partial charge in [0.05, 0.1) is 0 Å². The molecule has 36 heavy (non-hydrogen) atoms. The number of hydrogen-bond acceptors (Lipinski definition) is 2. The Kier molecular flexibility index (Phi) is 6.02. The summed E-state index contributed by atoms with van der Waals surface area (Å²) in [6.45, 7) is 0. The van der Waals surface area contributed by atoms with Crippen LogP contribution in [0.1, 0.15) is 24.0 Å². The van der Waals surface area contributed by atoms with Gasteiger partial charge in [-0.3, -0.25) is 4.79 Å². The monoisotopic (exact) mass is 526 g/mol. The Balaban J connectivity index is 1.41. The second kappa shape index (κ2) is 8.51. The lowest BCUT2D eigenvalue weighted by molar-refractivity contribution is -0.138. The molecule has 0 saturated carbocycles. The molecule has 0 aliphatic heterocycles. The summed E-state index contributed by atoms with van der Waals surface area (Å²) >= 11 is 0. The van der Waals surface area contributed by atoms with Gasteiger partial charge in [0.2, 0.25) is 0 Å². The van der Waals surface area contributed by atoms with Crippen LogP contribution in [0.4, 0.5) is 35.6 Å². The van der Waals surface area contributed by atoms with Gasteiger partial charge in [0, 0.05) is 17.8 Å². The number of carboxylic acids is 1. The van der Waals surface area contributed by atoms with E-state index in [1.54, 1.807) is 24.3 Å². The first-order chi connectivity index (χ1) is 16.7. The smallest absolute Gasteiger partial charge is 0.323 e. The first-order valence-corrected chi connectivity index (χ1v) is 13.0. The molecule has 3 aromatic carbocycles. The predicted octanol–water partition coefficient (Wildman–Crippen LogP) is 8.23. The Morgan fingerprint density at radius 2 is 1.50 bits per heavy atom. The highest BCUT2D eigenvalue weighted by atomic mass is 32.5. The number of hydrogen-bond donors (Lipinski definition) is 3. The van der Waals surface area contributed by atoms with Crippen LogP contribution in [0.5, 0.6) is 0 Å². The van der Waals surface area contributed by atoms with Gasteiger partial charge in [0.25, 0.3) is 0 Å². The lowest BCUT2D eigenvalue weighted by Crippen LogP contribution is -2.19. The summed E-state index contributed by atoms with van der Waals surface area (Å²) in [6.07, 6.45) is 2.49. The van der Waals surface area contributed by atoms with Crippen LogP contribution >= 0.6 is 10.2 Å². The average molecular weight is 527 g/mol. The number of carbonyl (C=O) groups is 2. The number of fused-ring (bicyclic) bond motifs is 1. The molecule has 0 fully saturated rings. The highest BCUT2D eigenvalue weighted by molar-refractivity contribution is 8.45. The molecule has 1 aliphatic rings. The van der Waals surface area contributed by atoms with Gasteiger partial charge in [-0.15, -0.1) is 0 Å². The van der Waals surface area contributed by atoms with Crippen molar-refractivity contribution in [1.82, 2.24) is 0 Å². The van der Waals surface area contributed by atoms with Crippen molar-refractivity contribution < 1.29 is 34.1 Å². The van der Waals surface area contributed by atoms with Gasteiger partial charge in [-0.05, 0) is 77.8 Å². The van der Waals surface area contributed by atoms with Crippen molar-refractivity contribution in [2.45, 2.75) is 30.6 Å². The van der Waals surface area contributed by atoms with Crippen LogP contribution in [0.3, 0.4) is 0 Å². The van der Waals surface area contributed by atoms with Crippen LogP contribution in [0.15, 0.2) is 71.6 Å². The third kappa shape index (κ3) is 6.34. The van der Waals surface area contributed by atoms with Gasteiger partial charge in [-0.1, -0.05) is 55.8 Å². The number of urea groups is 1. The molecular weight excluding hydrogens is 503 g/mol. The Labute approximate surface area is 204 Å². The Hall–Kier alpha value is -3.60. The van der Waals surface area contributed by atoms with Crippen molar-refractivity contribution in [3.63, 3.8) is 0 Å². The average Bonchev–Trinajstić information content (AvgIpc) is 2.77.